The molecule has 0 spiro atoms. The van der Waals surface area contributed by atoms with Crippen LogP contribution in [0.4, 0.5) is 5.69 Å². The highest BCUT2D eigenvalue weighted by molar-refractivity contribution is 6.32. The lowest BCUT2D eigenvalue weighted by Gasteiger charge is -2.51. The first-order valence-electron chi connectivity index (χ1n) is 6.55. The van der Waals surface area contributed by atoms with E-state index in [1.807, 2.05) is 6.07 Å². The van der Waals surface area contributed by atoms with E-state index in [0.29, 0.717) is 12.6 Å². The third-order valence-corrected chi connectivity index (χ3v) is 4.54. The van der Waals surface area contributed by atoms with Crippen LogP contribution in [0.15, 0.2) is 18.2 Å². The van der Waals surface area contributed by atoms with Gasteiger partial charge >= 0.3 is 0 Å². The smallest absolute Gasteiger partial charge is 0.288 e. The molecule has 5 nitrogen and oxygen atoms in total. The van der Waals surface area contributed by atoms with Crippen molar-refractivity contribution in [2.24, 2.45) is 5.41 Å². The van der Waals surface area contributed by atoms with Crippen molar-refractivity contribution in [3.8, 4) is 0 Å². The van der Waals surface area contributed by atoms with E-state index in [2.05, 4.69) is 19.2 Å². The molecule has 0 saturated heterocycles. The van der Waals surface area contributed by atoms with Crippen LogP contribution in [0.2, 0.25) is 5.02 Å². The normalized spacial score (nSPS) is 24.2. The predicted molar refractivity (Wildman–Crippen MR) is 77.9 cm³/mol. The van der Waals surface area contributed by atoms with Crippen molar-refractivity contribution in [1.29, 1.82) is 0 Å². The zero-order chi connectivity index (χ0) is 14.9. The molecule has 1 aliphatic carbocycles. The molecule has 1 fully saturated rings. The minimum absolute atomic E-state index is 0.0476. The Labute approximate surface area is 123 Å². The van der Waals surface area contributed by atoms with Crippen LogP contribution in [0, 0.1) is 15.5 Å². The molecule has 1 N–H and O–H groups in total. The minimum atomic E-state index is -0.458. The molecule has 0 bridgehead atoms. The molecule has 110 valence electrons. The maximum absolute atomic E-state index is 10.8. The molecule has 1 aromatic rings. The quantitative estimate of drug-likeness (QED) is 0.670. The molecule has 0 radical (unpaired) electrons. The molecule has 6 heteroatoms. The molecule has 1 saturated carbocycles. The number of nitrogens with one attached hydrogen (secondary N) is 1. The van der Waals surface area contributed by atoms with Crippen LogP contribution in [-0.2, 0) is 11.3 Å². The fourth-order valence-electron chi connectivity index (χ4n) is 2.68. The highest BCUT2D eigenvalue weighted by Gasteiger charge is 2.48. The summed E-state index contributed by atoms with van der Waals surface area (Å²) in [6, 6.07) is 5.25. The number of halogens is 1. The zero-order valence-corrected chi connectivity index (χ0v) is 12.6. The first-order chi connectivity index (χ1) is 9.36. The number of ether oxygens (including phenoxy) is 1. The summed E-state index contributed by atoms with van der Waals surface area (Å²) < 4.78 is 5.40. The molecule has 2 atom stereocenters. The van der Waals surface area contributed by atoms with Gasteiger partial charge in [-0.2, -0.15) is 0 Å². The van der Waals surface area contributed by atoms with Gasteiger partial charge in [0.2, 0.25) is 0 Å². The van der Waals surface area contributed by atoms with Crippen LogP contribution >= 0.6 is 11.6 Å². The summed E-state index contributed by atoms with van der Waals surface area (Å²) in [5.41, 5.74) is 0.888. The molecule has 20 heavy (non-hydrogen) atoms. The average Bonchev–Trinajstić information content (AvgIpc) is 2.39. The third kappa shape index (κ3) is 2.80. The van der Waals surface area contributed by atoms with Gasteiger partial charge in [0, 0.05) is 31.2 Å². The second-order valence-electron chi connectivity index (χ2n) is 5.76. The van der Waals surface area contributed by atoms with E-state index >= 15 is 0 Å². The largest absolute Gasteiger partial charge is 0.381 e. The van der Waals surface area contributed by atoms with E-state index in [4.69, 9.17) is 16.3 Å². The first-order valence-corrected chi connectivity index (χ1v) is 6.93. The number of methoxy groups -OCH3 is 1. The maximum atomic E-state index is 10.8. The van der Waals surface area contributed by atoms with E-state index in [1.54, 1.807) is 13.2 Å². The molecule has 1 aliphatic rings. The Kier molecular flexibility index (Phi) is 4.32. The van der Waals surface area contributed by atoms with Crippen molar-refractivity contribution in [2.75, 3.05) is 7.11 Å². The van der Waals surface area contributed by atoms with Crippen LogP contribution in [0.5, 0.6) is 0 Å². The van der Waals surface area contributed by atoms with Crippen LogP contribution in [0.25, 0.3) is 0 Å². The Bertz CT molecular complexity index is 519. The lowest BCUT2D eigenvalue weighted by molar-refractivity contribution is -0.384. The van der Waals surface area contributed by atoms with Crippen molar-refractivity contribution in [3.63, 3.8) is 0 Å². The molecule has 1 aromatic carbocycles. The number of nitrogens with zero attached hydrogens (tertiary/aromatic N) is 1. The highest BCUT2D eigenvalue weighted by Crippen LogP contribution is 2.42. The van der Waals surface area contributed by atoms with Crippen LogP contribution < -0.4 is 5.32 Å². The van der Waals surface area contributed by atoms with Gasteiger partial charge in [-0.15, -0.1) is 0 Å². The van der Waals surface area contributed by atoms with Crippen molar-refractivity contribution >= 4 is 17.3 Å². The number of rotatable bonds is 5. The number of nitro benzene ring substituents is 1. The summed E-state index contributed by atoms with van der Waals surface area (Å²) in [5.74, 6) is 0. The van der Waals surface area contributed by atoms with Crippen molar-refractivity contribution in [3.05, 3.63) is 38.9 Å². The first kappa shape index (κ1) is 15.2. The Morgan fingerprint density at radius 1 is 1.55 bits per heavy atom. The fourth-order valence-corrected chi connectivity index (χ4v) is 2.87. The summed E-state index contributed by atoms with van der Waals surface area (Å²) in [5, 5.41) is 14.4. The Balaban J connectivity index is 1.99. The lowest BCUT2D eigenvalue weighted by Crippen LogP contribution is -2.60. The SMILES string of the molecule is COC1CC(NCc2ccc(Cl)c([N+](=O)[O-])c2)C1(C)C. The van der Waals surface area contributed by atoms with Gasteiger partial charge in [-0.3, -0.25) is 10.1 Å². The molecule has 2 unspecified atom stereocenters. The van der Waals surface area contributed by atoms with Gasteiger partial charge in [-0.1, -0.05) is 31.5 Å². The van der Waals surface area contributed by atoms with Gasteiger partial charge in [-0.05, 0) is 18.1 Å². The van der Waals surface area contributed by atoms with Crippen molar-refractivity contribution in [1.82, 2.24) is 5.32 Å². The topological polar surface area (TPSA) is 64.4 Å². The van der Waals surface area contributed by atoms with Gasteiger partial charge < -0.3 is 10.1 Å². The molecule has 0 aromatic heterocycles. The molecular weight excluding hydrogens is 280 g/mol. The summed E-state index contributed by atoms with van der Waals surface area (Å²) in [6.07, 6.45) is 1.22. The van der Waals surface area contributed by atoms with Crippen LogP contribution in [0.3, 0.4) is 0 Å². The highest BCUT2D eigenvalue weighted by atomic mass is 35.5. The van der Waals surface area contributed by atoms with Crippen molar-refractivity contribution < 1.29 is 9.66 Å². The van der Waals surface area contributed by atoms with Gasteiger partial charge in [-0.25, -0.2) is 0 Å². The number of hydrogen-bond acceptors (Lipinski definition) is 4. The third-order valence-electron chi connectivity index (χ3n) is 4.22. The summed E-state index contributed by atoms with van der Waals surface area (Å²) >= 11 is 5.80. The van der Waals surface area contributed by atoms with E-state index < -0.39 is 4.92 Å². The number of nitro groups is 1. The predicted octanol–water partition coefficient (Wildman–Crippen LogP) is 3.15. The Morgan fingerprint density at radius 2 is 2.25 bits per heavy atom. The monoisotopic (exact) mass is 298 g/mol. The maximum Gasteiger partial charge on any atom is 0.288 e. The number of hydrogen-bond donors (Lipinski definition) is 1. The fraction of sp³-hybridized carbons (Fsp3) is 0.571. The van der Waals surface area contributed by atoms with Crippen LogP contribution in [0.1, 0.15) is 25.8 Å². The summed E-state index contributed by atoms with van der Waals surface area (Å²) in [6.45, 7) is 4.90. The molecule has 0 amide bonds. The second kappa shape index (κ2) is 5.68. The van der Waals surface area contributed by atoms with Gasteiger partial charge in [0.05, 0.1) is 11.0 Å². The van der Waals surface area contributed by atoms with E-state index in [1.165, 1.54) is 6.07 Å². The second-order valence-corrected chi connectivity index (χ2v) is 6.16. The zero-order valence-electron chi connectivity index (χ0n) is 11.9. The van der Waals surface area contributed by atoms with Gasteiger partial charge in [0.25, 0.3) is 5.69 Å². The van der Waals surface area contributed by atoms with E-state index in [9.17, 15) is 10.1 Å². The minimum Gasteiger partial charge on any atom is -0.381 e. The molecule has 0 aliphatic heterocycles. The van der Waals surface area contributed by atoms with Gasteiger partial charge in [0.1, 0.15) is 5.02 Å². The number of benzene rings is 1. The lowest BCUT2D eigenvalue weighted by atomic mass is 9.64. The van der Waals surface area contributed by atoms with E-state index in [0.717, 1.165) is 12.0 Å². The summed E-state index contributed by atoms with van der Waals surface area (Å²) in [4.78, 5) is 10.4. The summed E-state index contributed by atoms with van der Waals surface area (Å²) in [7, 11) is 1.73. The van der Waals surface area contributed by atoms with E-state index in [-0.39, 0.29) is 22.2 Å². The Hall–Kier alpha value is -1.17. The standard InChI is InChI=1S/C14H19ClN2O3/c1-14(2)12(7-13(14)20-3)16-8-9-4-5-10(15)11(6-9)17(18)19/h4-6,12-13,16H,7-8H2,1-3H3. The van der Waals surface area contributed by atoms with Crippen molar-refractivity contribution in [2.45, 2.75) is 39.0 Å². The van der Waals surface area contributed by atoms with Gasteiger partial charge in [0.15, 0.2) is 0 Å². The average molecular weight is 299 g/mol. The molecular formula is C14H19ClN2O3. The Morgan fingerprint density at radius 3 is 2.80 bits per heavy atom. The van der Waals surface area contributed by atoms with Crippen LogP contribution in [-0.4, -0.2) is 24.2 Å². The molecule has 0 heterocycles. The molecule has 2 rings (SSSR count).